The van der Waals surface area contributed by atoms with Gasteiger partial charge in [0.2, 0.25) is 0 Å². The Morgan fingerprint density at radius 3 is 3.12 bits per heavy atom. The first kappa shape index (κ1) is 11.9. The van der Waals surface area contributed by atoms with E-state index in [4.69, 9.17) is 17.3 Å². The van der Waals surface area contributed by atoms with E-state index in [0.717, 1.165) is 11.0 Å². The van der Waals surface area contributed by atoms with Crippen LogP contribution in [0.4, 0.5) is 0 Å². The summed E-state index contributed by atoms with van der Waals surface area (Å²) in [6.07, 6.45) is 0.0874. The molecule has 0 unspecified atom stereocenters. The summed E-state index contributed by atoms with van der Waals surface area (Å²) in [5.74, 6) is 0.184. The number of nitrogens with one attached hydrogen (secondary N) is 1. The molecule has 1 heterocycles. The molecule has 1 aromatic carbocycles. The van der Waals surface area contributed by atoms with Crippen LogP contribution in [-0.2, 0) is 9.53 Å². The maximum absolute atomic E-state index is 11.1. The van der Waals surface area contributed by atoms with Gasteiger partial charge in [-0.1, -0.05) is 11.6 Å². The van der Waals surface area contributed by atoms with Crippen molar-refractivity contribution >= 4 is 28.6 Å². The molecule has 2 aromatic rings. The van der Waals surface area contributed by atoms with Crippen molar-refractivity contribution in [2.24, 2.45) is 5.73 Å². The number of aromatic amines is 1. The summed E-state index contributed by atoms with van der Waals surface area (Å²) in [5.41, 5.74) is 7.41. The first-order valence-electron chi connectivity index (χ1n) is 5.07. The Bertz CT molecular complexity index is 553. The predicted molar refractivity (Wildman–Crippen MR) is 64.7 cm³/mol. The molecule has 0 saturated heterocycles. The Morgan fingerprint density at radius 1 is 1.65 bits per heavy atom. The highest BCUT2D eigenvalue weighted by atomic mass is 35.5. The highest BCUT2D eigenvalue weighted by molar-refractivity contribution is 6.31. The van der Waals surface area contributed by atoms with Gasteiger partial charge in [-0.2, -0.15) is 0 Å². The van der Waals surface area contributed by atoms with E-state index in [1.54, 1.807) is 18.2 Å². The monoisotopic (exact) mass is 253 g/mol. The molecule has 1 atom stereocenters. The lowest BCUT2D eigenvalue weighted by atomic mass is 10.2. The number of nitrogens with zero attached hydrogens (tertiary/aromatic N) is 1. The molecular formula is C11H12ClN3O2. The highest BCUT2D eigenvalue weighted by Gasteiger charge is 2.15. The fourth-order valence-electron chi connectivity index (χ4n) is 1.54. The van der Waals surface area contributed by atoms with Gasteiger partial charge in [0, 0.05) is 5.02 Å². The fraction of sp³-hybridized carbons (Fsp3) is 0.273. The van der Waals surface area contributed by atoms with Gasteiger partial charge in [0.25, 0.3) is 0 Å². The minimum absolute atomic E-state index is 0.0874. The summed E-state index contributed by atoms with van der Waals surface area (Å²) in [7, 11) is 1.33. The zero-order valence-electron chi connectivity index (χ0n) is 9.24. The number of fused-ring (bicyclic) bond motifs is 1. The van der Waals surface area contributed by atoms with E-state index in [0.29, 0.717) is 10.8 Å². The zero-order chi connectivity index (χ0) is 12.4. The Balaban J connectivity index is 2.27. The van der Waals surface area contributed by atoms with Crippen LogP contribution in [0.3, 0.4) is 0 Å². The number of hydrogen-bond donors (Lipinski definition) is 2. The van der Waals surface area contributed by atoms with Gasteiger partial charge < -0.3 is 15.5 Å². The van der Waals surface area contributed by atoms with Gasteiger partial charge in [0.1, 0.15) is 5.82 Å². The average Bonchev–Trinajstić information content (AvgIpc) is 2.71. The zero-order valence-corrected chi connectivity index (χ0v) is 9.99. The van der Waals surface area contributed by atoms with Crippen LogP contribution >= 0.6 is 11.6 Å². The first-order valence-corrected chi connectivity index (χ1v) is 5.45. The van der Waals surface area contributed by atoms with Crippen LogP contribution in [0.5, 0.6) is 0 Å². The van der Waals surface area contributed by atoms with E-state index in [1.165, 1.54) is 7.11 Å². The van der Waals surface area contributed by atoms with Gasteiger partial charge in [-0.05, 0) is 18.2 Å². The van der Waals surface area contributed by atoms with Gasteiger partial charge in [0.15, 0.2) is 0 Å². The smallest absolute Gasteiger partial charge is 0.307 e. The number of halogens is 1. The minimum Gasteiger partial charge on any atom is -0.469 e. The number of imidazole rings is 1. The third-order valence-corrected chi connectivity index (χ3v) is 2.66. The van der Waals surface area contributed by atoms with Gasteiger partial charge in [-0.3, -0.25) is 4.79 Å². The van der Waals surface area contributed by atoms with Crippen molar-refractivity contribution in [3.63, 3.8) is 0 Å². The quantitative estimate of drug-likeness (QED) is 0.817. The number of ether oxygens (including phenoxy) is 1. The molecule has 0 bridgehead atoms. The van der Waals surface area contributed by atoms with Crippen LogP contribution in [0.25, 0.3) is 11.0 Å². The molecule has 0 saturated carbocycles. The molecule has 3 N–H and O–H groups in total. The summed E-state index contributed by atoms with van der Waals surface area (Å²) >= 11 is 5.86. The van der Waals surface area contributed by atoms with Crippen molar-refractivity contribution in [2.45, 2.75) is 12.5 Å². The number of rotatable bonds is 3. The van der Waals surface area contributed by atoms with Gasteiger partial charge in [0.05, 0.1) is 30.6 Å². The minimum atomic E-state index is -0.506. The van der Waals surface area contributed by atoms with Gasteiger partial charge in [-0.15, -0.1) is 0 Å². The summed E-state index contributed by atoms with van der Waals surface area (Å²) in [4.78, 5) is 18.4. The molecule has 90 valence electrons. The number of aromatic nitrogens is 2. The second-order valence-corrected chi connectivity index (χ2v) is 4.11. The number of carbonyl (C=O) groups is 1. The standard InChI is InChI=1S/C11H12ClN3O2/c1-17-10(16)5-7(13)11-14-8-3-2-6(12)4-9(8)15-11/h2-4,7H,5,13H2,1H3,(H,14,15)/t7-/m0/s1. The maximum atomic E-state index is 11.1. The summed E-state index contributed by atoms with van der Waals surface area (Å²) in [6, 6.07) is 4.80. The SMILES string of the molecule is COC(=O)C[C@H](N)c1nc2ccc(Cl)cc2[nH]1. The highest BCUT2D eigenvalue weighted by Crippen LogP contribution is 2.20. The van der Waals surface area contributed by atoms with E-state index in [-0.39, 0.29) is 12.4 Å². The Morgan fingerprint density at radius 2 is 2.41 bits per heavy atom. The van der Waals surface area contributed by atoms with Crippen molar-refractivity contribution in [2.75, 3.05) is 7.11 Å². The van der Waals surface area contributed by atoms with Crippen LogP contribution in [0.15, 0.2) is 18.2 Å². The second-order valence-electron chi connectivity index (χ2n) is 3.67. The van der Waals surface area contributed by atoms with E-state index >= 15 is 0 Å². The molecule has 0 aliphatic rings. The van der Waals surface area contributed by atoms with Crippen molar-refractivity contribution in [1.29, 1.82) is 0 Å². The molecule has 0 amide bonds. The average molecular weight is 254 g/mol. The molecule has 6 heteroatoms. The summed E-state index contributed by atoms with van der Waals surface area (Å²) in [5, 5.41) is 0.620. The molecule has 0 aliphatic heterocycles. The molecule has 0 spiro atoms. The Kier molecular flexibility index (Phi) is 3.31. The number of H-pyrrole nitrogens is 1. The molecule has 0 radical (unpaired) electrons. The van der Waals surface area contributed by atoms with Crippen molar-refractivity contribution in [1.82, 2.24) is 9.97 Å². The van der Waals surface area contributed by atoms with E-state index in [9.17, 15) is 4.79 Å². The Labute approximate surface area is 103 Å². The molecule has 0 fully saturated rings. The number of hydrogen-bond acceptors (Lipinski definition) is 4. The third-order valence-electron chi connectivity index (χ3n) is 2.43. The predicted octanol–water partition coefficient (Wildman–Crippen LogP) is 1.78. The van der Waals surface area contributed by atoms with Crippen molar-refractivity contribution in [3.8, 4) is 0 Å². The van der Waals surface area contributed by atoms with Gasteiger partial charge >= 0.3 is 5.97 Å². The lowest BCUT2D eigenvalue weighted by Crippen LogP contribution is -2.17. The molecular weight excluding hydrogens is 242 g/mol. The first-order chi connectivity index (χ1) is 8.10. The summed E-state index contributed by atoms with van der Waals surface area (Å²) in [6.45, 7) is 0. The van der Waals surface area contributed by atoms with Gasteiger partial charge in [-0.25, -0.2) is 4.98 Å². The van der Waals surface area contributed by atoms with Crippen LogP contribution in [0.1, 0.15) is 18.3 Å². The van der Waals surface area contributed by atoms with E-state index in [2.05, 4.69) is 14.7 Å². The van der Waals surface area contributed by atoms with Crippen LogP contribution < -0.4 is 5.73 Å². The van der Waals surface area contributed by atoms with Crippen molar-refractivity contribution in [3.05, 3.63) is 29.0 Å². The number of carbonyl (C=O) groups excluding carboxylic acids is 1. The molecule has 1 aromatic heterocycles. The molecule has 5 nitrogen and oxygen atoms in total. The fourth-order valence-corrected chi connectivity index (χ4v) is 1.71. The number of benzene rings is 1. The normalized spacial score (nSPS) is 12.6. The lowest BCUT2D eigenvalue weighted by Gasteiger charge is -2.05. The van der Waals surface area contributed by atoms with Crippen LogP contribution in [0.2, 0.25) is 5.02 Å². The number of nitrogens with two attached hydrogens (primary N) is 1. The van der Waals surface area contributed by atoms with E-state index in [1.807, 2.05) is 0 Å². The summed E-state index contributed by atoms with van der Waals surface area (Å²) < 4.78 is 4.55. The molecule has 0 aliphatic carbocycles. The van der Waals surface area contributed by atoms with E-state index < -0.39 is 6.04 Å². The molecule has 2 rings (SSSR count). The van der Waals surface area contributed by atoms with Crippen LogP contribution in [-0.4, -0.2) is 23.0 Å². The number of methoxy groups -OCH3 is 1. The lowest BCUT2D eigenvalue weighted by molar-refractivity contribution is -0.141. The largest absolute Gasteiger partial charge is 0.469 e. The number of esters is 1. The third kappa shape index (κ3) is 2.57. The van der Waals surface area contributed by atoms with Crippen molar-refractivity contribution < 1.29 is 9.53 Å². The molecule has 17 heavy (non-hydrogen) atoms. The second kappa shape index (κ2) is 4.73. The maximum Gasteiger partial charge on any atom is 0.307 e. The topological polar surface area (TPSA) is 81.0 Å². The Hall–Kier alpha value is -1.59. The van der Waals surface area contributed by atoms with Crippen LogP contribution in [0, 0.1) is 0 Å².